The number of amides is 2. The molecule has 0 saturated heterocycles. The quantitative estimate of drug-likeness (QED) is 0.696. The van der Waals surface area contributed by atoms with Crippen LogP contribution in [0.1, 0.15) is 11.1 Å². The van der Waals surface area contributed by atoms with Gasteiger partial charge in [0.25, 0.3) is 10.0 Å². The van der Waals surface area contributed by atoms with Gasteiger partial charge in [0.2, 0.25) is 0 Å². The first-order valence-electron chi connectivity index (χ1n) is 4.35. The number of carbonyl (C=O) groups excluding carboxylic acids is 1. The summed E-state index contributed by atoms with van der Waals surface area (Å²) in [5, 5.41) is 2.48. The van der Waals surface area contributed by atoms with E-state index in [1.807, 2.05) is 10.8 Å². The molecule has 0 fully saturated rings. The summed E-state index contributed by atoms with van der Waals surface area (Å²) in [4.78, 5) is 11.2. The number of benzene rings is 1. The smallest absolute Gasteiger partial charge is 0.306 e. The maximum absolute atomic E-state index is 11.6. The van der Waals surface area contributed by atoms with Gasteiger partial charge >= 0.3 is 6.03 Å². The van der Waals surface area contributed by atoms with Crippen molar-refractivity contribution in [1.82, 2.24) is 4.72 Å². The van der Waals surface area contributed by atoms with Crippen LogP contribution in [0.15, 0.2) is 17.0 Å². The Kier molecular flexibility index (Phi) is 1.97. The second-order valence-electron chi connectivity index (χ2n) is 3.51. The van der Waals surface area contributed by atoms with E-state index in [0.29, 0.717) is 5.69 Å². The van der Waals surface area contributed by atoms with Gasteiger partial charge in [0.15, 0.2) is 0 Å². The fraction of sp³-hybridized carbons (Fsp3) is 0.222. The Morgan fingerprint density at radius 2 is 1.87 bits per heavy atom. The van der Waals surface area contributed by atoms with Crippen molar-refractivity contribution in [1.29, 1.82) is 0 Å². The largest absolute Gasteiger partial charge is 0.333 e. The zero-order valence-corrected chi connectivity index (χ0v) is 9.10. The van der Waals surface area contributed by atoms with E-state index in [2.05, 4.69) is 5.32 Å². The van der Waals surface area contributed by atoms with Gasteiger partial charge in [0.05, 0.1) is 5.69 Å². The molecule has 0 atom stereocenters. The van der Waals surface area contributed by atoms with Crippen LogP contribution in [-0.2, 0) is 10.0 Å². The van der Waals surface area contributed by atoms with Crippen LogP contribution in [0.3, 0.4) is 0 Å². The number of fused-ring (bicyclic) bond motifs is 1. The van der Waals surface area contributed by atoms with E-state index in [9.17, 15) is 13.2 Å². The number of sulfonamides is 1. The van der Waals surface area contributed by atoms with Crippen LogP contribution in [0.25, 0.3) is 0 Å². The van der Waals surface area contributed by atoms with E-state index in [1.54, 1.807) is 13.8 Å². The summed E-state index contributed by atoms with van der Waals surface area (Å²) in [6, 6.07) is 2.64. The highest BCUT2D eigenvalue weighted by Crippen LogP contribution is 2.29. The highest BCUT2D eigenvalue weighted by Gasteiger charge is 2.28. The normalized spacial score (nSPS) is 17.6. The third-order valence-electron chi connectivity index (χ3n) is 2.20. The zero-order valence-electron chi connectivity index (χ0n) is 8.29. The fourth-order valence-corrected chi connectivity index (χ4v) is 2.84. The monoisotopic (exact) mass is 226 g/mol. The molecular formula is C9H10N2O3S. The molecule has 6 heteroatoms. The first kappa shape index (κ1) is 9.97. The molecule has 1 aliphatic rings. The Labute approximate surface area is 87.5 Å². The van der Waals surface area contributed by atoms with Gasteiger partial charge in [0.1, 0.15) is 4.90 Å². The molecule has 5 nitrogen and oxygen atoms in total. The summed E-state index contributed by atoms with van der Waals surface area (Å²) in [5.41, 5.74) is 1.94. The molecule has 0 bridgehead atoms. The topological polar surface area (TPSA) is 75.3 Å². The lowest BCUT2D eigenvalue weighted by Gasteiger charge is -2.20. The number of hydrogen-bond donors (Lipinski definition) is 2. The molecule has 2 amide bonds. The number of urea groups is 1. The van der Waals surface area contributed by atoms with Crippen LogP contribution in [0.4, 0.5) is 10.5 Å². The Morgan fingerprint density at radius 1 is 1.20 bits per heavy atom. The number of nitrogens with one attached hydrogen (secondary N) is 2. The van der Waals surface area contributed by atoms with Crippen molar-refractivity contribution in [3.8, 4) is 0 Å². The Hall–Kier alpha value is -1.56. The van der Waals surface area contributed by atoms with Crippen LogP contribution >= 0.6 is 0 Å². The van der Waals surface area contributed by atoms with E-state index in [4.69, 9.17) is 0 Å². The van der Waals surface area contributed by atoms with Crippen LogP contribution in [0.2, 0.25) is 0 Å². The predicted octanol–water partition coefficient (Wildman–Crippen LogP) is 1.13. The summed E-state index contributed by atoms with van der Waals surface area (Å²) >= 11 is 0. The van der Waals surface area contributed by atoms with Crippen molar-refractivity contribution >= 4 is 21.7 Å². The van der Waals surface area contributed by atoms with Crippen LogP contribution in [0.5, 0.6) is 0 Å². The molecular weight excluding hydrogens is 216 g/mol. The van der Waals surface area contributed by atoms with E-state index in [0.717, 1.165) is 11.1 Å². The van der Waals surface area contributed by atoms with E-state index >= 15 is 0 Å². The maximum atomic E-state index is 11.6. The van der Waals surface area contributed by atoms with Gasteiger partial charge in [-0.1, -0.05) is 6.07 Å². The zero-order chi connectivity index (χ0) is 11.2. The van der Waals surface area contributed by atoms with Crippen LogP contribution in [-0.4, -0.2) is 14.4 Å². The molecule has 1 aromatic carbocycles. The summed E-state index contributed by atoms with van der Waals surface area (Å²) in [6.45, 7) is 3.56. The molecule has 1 aromatic rings. The SMILES string of the molecule is Cc1cc(C)c2c(c1)S(=O)(=O)NC(=O)N2. The molecule has 2 N–H and O–H groups in total. The number of carbonyl (C=O) groups is 1. The molecule has 0 aromatic heterocycles. The minimum absolute atomic E-state index is 0.125. The third kappa shape index (κ3) is 1.56. The number of rotatable bonds is 0. The number of hydrogen-bond acceptors (Lipinski definition) is 3. The average molecular weight is 226 g/mol. The lowest BCUT2D eigenvalue weighted by atomic mass is 10.1. The van der Waals surface area contributed by atoms with E-state index in [1.165, 1.54) is 6.07 Å². The first-order valence-corrected chi connectivity index (χ1v) is 5.83. The summed E-state index contributed by atoms with van der Waals surface area (Å²) in [7, 11) is -3.70. The lowest BCUT2D eigenvalue weighted by molar-refractivity contribution is 0.256. The van der Waals surface area contributed by atoms with Crippen molar-refractivity contribution in [2.75, 3.05) is 5.32 Å². The molecule has 1 aliphatic heterocycles. The standard InChI is InChI=1S/C9H10N2O3S/c1-5-3-6(2)8-7(4-5)15(13,14)11-9(12)10-8/h3-4H,1-2H3,(H2,10,11,12). The van der Waals surface area contributed by atoms with Crippen LogP contribution in [0, 0.1) is 13.8 Å². The molecule has 1 heterocycles. The Balaban J connectivity index is 2.78. The fourth-order valence-electron chi connectivity index (χ4n) is 1.62. The van der Waals surface area contributed by atoms with E-state index < -0.39 is 16.1 Å². The molecule has 0 saturated carbocycles. The second-order valence-corrected chi connectivity index (χ2v) is 5.17. The average Bonchev–Trinajstić information content (AvgIpc) is 2.06. The molecule has 0 aliphatic carbocycles. The number of anilines is 1. The van der Waals surface area contributed by atoms with Gasteiger partial charge < -0.3 is 5.32 Å². The molecule has 0 spiro atoms. The summed E-state index contributed by atoms with van der Waals surface area (Å²) in [6.07, 6.45) is 0. The van der Waals surface area contributed by atoms with E-state index in [-0.39, 0.29) is 4.90 Å². The van der Waals surface area contributed by atoms with Crippen molar-refractivity contribution < 1.29 is 13.2 Å². The Bertz CT molecular complexity index is 549. The number of aryl methyl sites for hydroxylation is 2. The predicted molar refractivity (Wildman–Crippen MR) is 55.3 cm³/mol. The highest BCUT2D eigenvalue weighted by atomic mass is 32.2. The Morgan fingerprint density at radius 3 is 2.53 bits per heavy atom. The van der Waals surface area contributed by atoms with Gasteiger partial charge in [-0.15, -0.1) is 0 Å². The van der Waals surface area contributed by atoms with Crippen molar-refractivity contribution in [3.05, 3.63) is 23.3 Å². The van der Waals surface area contributed by atoms with Gasteiger partial charge in [0, 0.05) is 0 Å². The highest BCUT2D eigenvalue weighted by molar-refractivity contribution is 7.90. The second kappa shape index (κ2) is 2.96. The lowest BCUT2D eigenvalue weighted by Crippen LogP contribution is -2.39. The molecule has 2 rings (SSSR count). The van der Waals surface area contributed by atoms with Crippen molar-refractivity contribution in [2.24, 2.45) is 0 Å². The maximum Gasteiger partial charge on any atom is 0.333 e. The first-order chi connectivity index (χ1) is 6.90. The van der Waals surface area contributed by atoms with Gasteiger partial charge in [-0.2, -0.15) is 0 Å². The third-order valence-corrected chi connectivity index (χ3v) is 3.55. The molecule has 15 heavy (non-hydrogen) atoms. The summed E-state index contributed by atoms with van der Waals surface area (Å²) < 4.78 is 25.1. The minimum atomic E-state index is -3.70. The van der Waals surface area contributed by atoms with Crippen LogP contribution < -0.4 is 10.0 Å². The van der Waals surface area contributed by atoms with Gasteiger partial charge in [-0.3, -0.25) is 0 Å². The molecule has 0 unspecified atom stereocenters. The van der Waals surface area contributed by atoms with Gasteiger partial charge in [-0.05, 0) is 31.0 Å². The van der Waals surface area contributed by atoms with Crippen molar-refractivity contribution in [2.45, 2.75) is 18.7 Å². The van der Waals surface area contributed by atoms with Crippen molar-refractivity contribution in [3.63, 3.8) is 0 Å². The minimum Gasteiger partial charge on any atom is -0.306 e. The summed E-state index contributed by atoms with van der Waals surface area (Å²) in [5.74, 6) is 0. The molecule has 0 radical (unpaired) electrons. The van der Waals surface area contributed by atoms with Gasteiger partial charge in [-0.25, -0.2) is 17.9 Å². The molecule has 80 valence electrons.